The third-order valence-corrected chi connectivity index (χ3v) is 4.68. The Morgan fingerprint density at radius 2 is 2.13 bits per heavy atom. The van der Waals surface area contributed by atoms with Gasteiger partial charge < -0.3 is 9.47 Å². The molecule has 160 valence electrons. The molecule has 3 aromatic rings. The number of aryl methyl sites for hydroxylation is 1. The summed E-state index contributed by atoms with van der Waals surface area (Å²) in [7, 11) is 1.39. The average Bonchev–Trinajstić information content (AvgIpc) is 2.76. The molecule has 0 aliphatic rings. The van der Waals surface area contributed by atoms with E-state index in [2.05, 4.69) is 20.7 Å². The van der Waals surface area contributed by atoms with Gasteiger partial charge in [-0.15, -0.1) is 0 Å². The number of hydrazone groups is 1. The third-order valence-electron chi connectivity index (χ3n) is 4.30. The largest absolute Gasteiger partial charge is 0.493 e. The number of H-pyrrole nitrogens is 1. The molecule has 0 atom stereocenters. The molecule has 1 heterocycles. The topological polar surface area (TPSA) is 132 Å². The van der Waals surface area contributed by atoms with Gasteiger partial charge in [0.1, 0.15) is 17.3 Å². The number of nitro benzene ring substituents is 1. The average molecular weight is 444 g/mol. The number of nitro groups is 1. The van der Waals surface area contributed by atoms with Crippen molar-refractivity contribution in [3.8, 4) is 11.5 Å². The van der Waals surface area contributed by atoms with Crippen LogP contribution in [-0.2, 0) is 6.61 Å². The molecule has 0 spiro atoms. The fraction of sp³-hybridized carbons (Fsp3) is 0.150. The number of aromatic amines is 1. The second-order valence-electron chi connectivity index (χ2n) is 6.34. The van der Waals surface area contributed by atoms with Gasteiger partial charge in [-0.3, -0.25) is 20.3 Å². The normalized spacial score (nSPS) is 10.8. The summed E-state index contributed by atoms with van der Waals surface area (Å²) < 4.78 is 11.1. The third kappa shape index (κ3) is 5.17. The molecule has 2 aromatic carbocycles. The number of hydrogen-bond donors (Lipinski definition) is 2. The summed E-state index contributed by atoms with van der Waals surface area (Å²) in [6.45, 7) is 2.08. The molecular formula is C20H18ClN5O5. The molecule has 0 saturated carbocycles. The van der Waals surface area contributed by atoms with E-state index < -0.39 is 10.5 Å². The minimum Gasteiger partial charge on any atom is -0.493 e. The number of ether oxygens (including phenoxy) is 2. The van der Waals surface area contributed by atoms with Gasteiger partial charge in [-0.2, -0.15) is 10.2 Å². The predicted molar refractivity (Wildman–Crippen MR) is 116 cm³/mol. The minimum absolute atomic E-state index is 0.0164. The second-order valence-corrected chi connectivity index (χ2v) is 6.72. The standard InChI is InChI=1S/C20H18ClN5O5/c1-12-5-3-4-6-14(12)11-31-19-16(26(28)29)7-13(8-17(19)30-2)9-22-24-15-10-23-25-20(27)18(15)21/h3-10H,11H2,1-2H3,(H2,24,25,27)/b22-9-. The highest BCUT2D eigenvalue weighted by Crippen LogP contribution is 2.38. The van der Waals surface area contributed by atoms with E-state index >= 15 is 0 Å². The Hall–Kier alpha value is -3.92. The van der Waals surface area contributed by atoms with E-state index in [9.17, 15) is 14.9 Å². The van der Waals surface area contributed by atoms with Crippen LogP contribution in [0.15, 0.2) is 52.5 Å². The zero-order chi connectivity index (χ0) is 22.4. The first-order chi connectivity index (χ1) is 14.9. The number of methoxy groups -OCH3 is 1. The molecule has 0 aliphatic heterocycles. The summed E-state index contributed by atoms with van der Waals surface area (Å²) in [4.78, 5) is 22.5. The van der Waals surface area contributed by atoms with E-state index in [4.69, 9.17) is 21.1 Å². The Kier molecular flexibility index (Phi) is 6.83. The van der Waals surface area contributed by atoms with Crippen LogP contribution in [0.5, 0.6) is 11.5 Å². The summed E-state index contributed by atoms with van der Waals surface area (Å²) in [5.41, 5.74) is 4.18. The zero-order valence-corrected chi connectivity index (χ0v) is 17.3. The van der Waals surface area contributed by atoms with Crippen LogP contribution in [0.3, 0.4) is 0 Å². The highest BCUT2D eigenvalue weighted by molar-refractivity contribution is 6.32. The van der Waals surface area contributed by atoms with Gasteiger partial charge in [-0.25, -0.2) is 5.10 Å². The highest BCUT2D eigenvalue weighted by atomic mass is 35.5. The molecule has 0 fully saturated rings. The fourth-order valence-corrected chi connectivity index (χ4v) is 2.81. The molecule has 0 radical (unpaired) electrons. The van der Waals surface area contributed by atoms with Gasteiger partial charge in [0.05, 0.1) is 24.4 Å². The van der Waals surface area contributed by atoms with E-state index in [1.54, 1.807) is 6.07 Å². The van der Waals surface area contributed by atoms with Gasteiger partial charge in [0, 0.05) is 11.6 Å². The van der Waals surface area contributed by atoms with Crippen LogP contribution in [0, 0.1) is 17.0 Å². The van der Waals surface area contributed by atoms with Gasteiger partial charge in [0.15, 0.2) is 5.75 Å². The number of rotatable bonds is 8. The van der Waals surface area contributed by atoms with E-state index in [1.807, 2.05) is 31.2 Å². The van der Waals surface area contributed by atoms with E-state index in [0.717, 1.165) is 11.1 Å². The van der Waals surface area contributed by atoms with Gasteiger partial charge >= 0.3 is 5.69 Å². The van der Waals surface area contributed by atoms with Crippen molar-refractivity contribution < 1.29 is 14.4 Å². The zero-order valence-electron chi connectivity index (χ0n) is 16.6. The maximum Gasteiger partial charge on any atom is 0.315 e. The van der Waals surface area contributed by atoms with Crippen LogP contribution in [0.2, 0.25) is 5.02 Å². The Bertz CT molecular complexity index is 1190. The minimum atomic E-state index is -0.575. The van der Waals surface area contributed by atoms with Crippen molar-refractivity contribution in [3.05, 3.63) is 84.8 Å². The molecule has 0 unspecified atom stereocenters. The number of hydrogen-bond acceptors (Lipinski definition) is 8. The second kappa shape index (κ2) is 9.72. The van der Waals surface area contributed by atoms with Crippen LogP contribution >= 0.6 is 11.6 Å². The van der Waals surface area contributed by atoms with Crippen LogP contribution in [0.1, 0.15) is 16.7 Å². The van der Waals surface area contributed by atoms with Gasteiger partial charge in [0.25, 0.3) is 5.56 Å². The summed E-state index contributed by atoms with van der Waals surface area (Å²) in [6.07, 6.45) is 2.60. The van der Waals surface area contributed by atoms with Crippen molar-refractivity contribution in [1.82, 2.24) is 10.2 Å². The Labute approximate surface area is 181 Å². The molecular weight excluding hydrogens is 426 g/mol. The predicted octanol–water partition coefficient (Wildman–Crippen LogP) is 3.67. The molecule has 10 nitrogen and oxygen atoms in total. The van der Waals surface area contributed by atoms with Crippen molar-refractivity contribution in [1.29, 1.82) is 0 Å². The molecule has 0 amide bonds. The number of benzene rings is 2. The first-order valence-electron chi connectivity index (χ1n) is 8.96. The monoisotopic (exact) mass is 443 g/mol. The maximum absolute atomic E-state index is 11.6. The summed E-state index contributed by atoms with van der Waals surface area (Å²) >= 11 is 5.86. The first-order valence-corrected chi connectivity index (χ1v) is 9.34. The Balaban J connectivity index is 1.87. The molecule has 2 N–H and O–H groups in total. The number of nitrogens with zero attached hydrogens (tertiary/aromatic N) is 3. The number of aromatic nitrogens is 2. The lowest BCUT2D eigenvalue weighted by Gasteiger charge is -2.13. The van der Waals surface area contributed by atoms with Crippen LogP contribution in [-0.4, -0.2) is 28.4 Å². The maximum atomic E-state index is 11.6. The van der Waals surface area contributed by atoms with E-state index in [1.165, 1.54) is 25.6 Å². The lowest BCUT2D eigenvalue weighted by molar-refractivity contribution is -0.386. The van der Waals surface area contributed by atoms with Gasteiger partial charge in [-0.1, -0.05) is 35.9 Å². The van der Waals surface area contributed by atoms with Crippen molar-refractivity contribution in [2.45, 2.75) is 13.5 Å². The van der Waals surface area contributed by atoms with Crippen molar-refractivity contribution in [3.63, 3.8) is 0 Å². The number of halogens is 1. The number of anilines is 1. The number of nitrogens with one attached hydrogen (secondary N) is 2. The highest BCUT2D eigenvalue weighted by Gasteiger charge is 2.22. The van der Waals surface area contributed by atoms with Crippen molar-refractivity contribution in [2.24, 2.45) is 5.10 Å². The smallest absolute Gasteiger partial charge is 0.315 e. The molecule has 3 rings (SSSR count). The molecule has 11 heteroatoms. The summed E-state index contributed by atoms with van der Waals surface area (Å²) in [5.74, 6) is 0.197. The Morgan fingerprint density at radius 3 is 2.84 bits per heavy atom. The SMILES string of the molecule is COc1cc(/C=N\Nc2cn[nH]c(=O)c2Cl)cc([N+](=O)[O-])c1OCc1ccccc1C. The molecule has 0 saturated heterocycles. The molecule has 31 heavy (non-hydrogen) atoms. The van der Waals surface area contributed by atoms with Crippen molar-refractivity contribution in [2.75, 3.05) is 12.5 Å². The lowest BCUT2D eigenvalue weighted by atomic mass is 10.1. The quantitative estimate of drug-likeness (QED) is 0.308. The molecule has 0 bridgehead atoms. The molecule has 1 aromatic heterocycles. The van der Waals surface area contributed by atoms with Gasteiger partial charge in [0.2, 0.25) is 5.75 Å². The lowest BCUT2D eigenvalue weighted by Crippen LogP contribution is -2.10. The van der Waals surface area contributed by atoms with E-state index in [0.29, 0.717) is 5.56 Å². The molecule has 0 aliphatic carbocycles. The van der Waals surface area contributed by atoms with Crippen LogP contribution in [0.4, 0.5) is 11.4 Å². The Morgan fingerprint density at radius 1 is 1.35 bits per heavy atom. The van der Waals surface area contributed by atoms with Crippen LogP contribution < -0.4 is 20.5 Å². The van der Waals surface area contributed by atoms with Crippen molar-refractivity contribution >= 4 is 29.2 Å². The van der Waals surface area contributed by atoms with Gasteiger partial charge in [-0.05, 0) is 24.1 Å². The fourth-order valence-electron chi connectivity index (χ4n) is 2.67. The first kappa shape index (κ1) is 21.8. The van der Waals surface area contributed by atoms with Crippen LogP contribution in [0.25, 0.3) is 0 Å². The summed E-state index contributed by atoms with van der Waals surface area (Å²) in [5, 5.41) is 21.3. The van der Waals surface area contributed by atoms with E-state index in [-0.39, 0.29) is 34.5 Å². The summed E-state index contributed by atoms with van der Waals surface area (Å²) in [6, 6.07) is 10.4.